The maximum Gasteiger partial charge on any atom is 0.302 e. The van der Waals surface area contributed by atoms with Crippen LogP contribution in [0.25, 0.3) is 5.57 Å². The molecule has 0 saturated carbocycles. The highest BCUT2D eigenvalue weighted by atomic mass is 79.9. The van der Waals surface area contributed by atoms with E-state index in [0.717, 1.165) is 0 Å². The van der Waals surface area contributed by atoms with E-state index in [1.54, 1.807) is 18.2 Å². The summed E-state index contributed by atoms with van der Waals surface area (Å²) in [5, 5.41) is 13.0. The van der Waals surface area contributed by atoms with Gasteiger partial charge in [0.2, 0.25) is 5.91 Å². The fourth-order valence-corrected chi connectivity index (χ4v) is 4.65. The molecule has 0 saturated heterocycles. The number of benzene rings is 1. The van der Waals surface area contributed by atoms with Crippen molar-refractivity contribution in [1.82, 2.24) is 5.32 Å². The van der Waals surface area contributed by atoms with Crippen LogP contribution in [-0.2, 0) is 19.1 Å². The first-order chi connectivity index (χ1) is 15.4. The third-order valence-corrected chi connectivity index (χ3v) is 6.38. The van der Waals surface area contributed by atoms with Crippen LogP contribution < -0.4 is 5.32 Å². The molecule has 33 heavy (non-hydrogen) atoms. The topological polar surface area (TPSA) is 84.9 Å². The van der Waals surface area contributed by atoms with E-state index in [1.165, 1.54) is 26.8 Å². The summed E-state index contributed by atoms with van der Waals surface area (Å²) in [7, 11) is 0. The fourth-order valence-electron chi connectivity index (χ4n) is 3.89. The molecule has 2 N–H and O–H groups in total. The minimum Gasteiger partial charge on any atom is -0.463 e. The molecule has 2 rings (SSSR count). The van der Waals surface area contributed by atoms with E-state index < -0.39 is 17.8 Å². The molecule has 1 aliphatic rings. The minimum absolute atomic E-state index is 0.0121. The molecule has 182 valence electrons. The Morgan fingerprint density at radius 3 is 2.58 bits per heavy atom. The molecule has 0 aliphatic heterocycles. The number of hydrogen-bond acceptors (Lipinski definition) is 5. The van der Waals surface area contributed by atoms with Gasteiger partial charge in [-0.05, 0) is 49.5 Å². The summed E-state index contributed by atoms with van der Waals surface area (Å²) in [6, 6.07) is 4.89. The van der Waals surface area contributed by atoms with Crippen LogP contribution in [0.1, 0.15) is 46.1 Å². The van der Waals surface area contributed by atoms with Gasteiger partial charge in [0, 0.05) is 34.8 Å². The molecule has 1 aliphatic carbocycles. The maximum atomic E-state index is 14.5. The normalized spacial score (nSPS) is 20.8. The SMILES string of the molecule is CC(=O)NC(CCC1C(Cl)=CC(c2ccc(Br)cc2F)=CC1C)(COC(C)=O)COC(C)O. The van der Waals surface area contributed by atoms with Gasteiger partial charge < -0.3 is 19.9 Å². The van der Waals surface area contributed by atoms with Crippen molar-refractivity contribution in [3.63, 3.8) is 0 Å². The van der Waals surface area contributed by atoms with Crippen molar-refractivity contribution < 1.29 is 28.6 Å². The quantitative estimate of drug-likeness (QED) is 0.321. The molecule has 0 aromatic heterocycles. The molecule has 0 bridgehead atoms. The largest absolute Gasteiger partial charge is 0.463 e. The summed E-state index contributed by atoms with van der Waals surface area (Å²) in [4.78, 5) is 23.4. The number of aliphatic hydroxyl groups is 1. The lowest BCUT2D eigenvalue weighted by Gasteiger charge is -2.36. The molecule has 6 nitrogen and oxygen atoms in total. The Labute approximate surface area is 207 Å². The molecular formula is C24H30BrClFNO5. The van der Waals surface area contributed by atoms with Gasteiger partial charge in [0.05, 0.1) is 12.1 Å². The summed E-state index contributed by atoms with van der Waals surface area (Å²) in [5.74, 6) is -1.26. The first-order valence-corrected chi connectivity index (χ1v) is 11.9. The van der Waals surface area contributed by atoms with Crippen molar-refractivity contribution in [2.45, 2.75) is 52.4 Å². The Bertz CT molecular complexity index is 935. The van der Waals surface area contributed by atoms with E-state index in [4.69, 9.17) is 21.1 Å². The first-order valence-electron chi connectivity index (χ1n) is 10.7. The monoisotopic (exact) mass is 545 g/mol. The number of carbonyl (C=O) groups excluding carboxylic acids is 2. The van der Waals surface area contributed by atoms with Gasteiger partial charge in [-0.3, -0.25) is 9.59 Å². The van der Waals surface area contributed by atoms with E-state index >= 15 is 0 Å². The second kappa shape index (κ2) is 12.1. The van der Waals surface area contributed by atoms with Crippen LogP contribution in [0.5, 0.6) is 0 Å². The average Bonchev–Trinajstić information content (AvgIpc) is 2.69. The summed E-state index contributed by atoms with van der Waals surface area (Å²) in [6.07, 6.45) is 3.59. The van der Waals surface area contributed by atoms with Crippen molar-refractivity contribution in [1.29, 1.82) is 0 Å². The Balaban J connectivity index is 2.23. The number of amides is 1. The Morgan fingerprint density at radius 1 is 1.33 bits per heavy atom. The van der Waals surface area contributed by atoms with Crippen LogP contribution in [0.4, 0.5) is 4.39 Å². The lowest BCUT2D eigenvalue weighted by atomic mass is 9.79. The third kappa shape index (κ3) is 8.21. The van der Waals surface area contributed by atoms with Gasteiger partial charge in [-0.15, -0.1) is 0 Å². The lowest BCUT2D eigenvalue weighted by molar-refractivity contribution is -0.150. The van der Waals surface area contributed by atoms with E-state index in [2.05, 4.69) is 21.2 Å². The summed E-state index contributed by atoms with van der Waals surface area (Å²) >= 11 is 9.90. The predicted molar refractivity (Wildman–Crippen MR) is 129 cm³/mol. The molecule has 1 amide bonds. The molecule has 1 aromatic carbocycles. The molecule has 0 fully saturated rings. The second-order valence-corrected chi connectivity index (χ2v) is 9.78. The van der Waals surface area contributed by atoms with E-state index in [1.807, 2.05) is 13.0 Å². The highest BCUT2D eigenvalue weighted by molar-refractivity contribution is 9.10. The highest BCUT2D eigenvalue weighted by Crippen LogP contribution is 2.39. The van der Waals surface area contributed by atoms with Crippen molar-refractivity contribution in [2.75, 3.05) is 13.2 Å². The molecule has 0 spiro atoms. The molecular weight excluding hydrogens is 517 g/mol. The number of esters is 1. The number of rotatable bonds is 10. The Kier molecular flexibility index (Phi) is 10.1. The van der Waals surface area contributed by atoms with Gasteiger partial charge in [-0.25, -0.2) is 4.39 Å². The van der Waals surface area contributed by atoms with Gasteiger partial charge in [-0.2, -0.15) is 0 Å². The van der Waals surface area contributed by atoms with Crippen LogP contribution in [0, 0.1) is 17.7 Å². The minimum atomic E-state index is -1.06. The second-order valence-electron chi connectivity index (χ2n) is 8.43. The zero-order valence-corrected chi connectivity index (χ0v) is 21.5. The van der Waals surface area contributed by atoms with E-state index in [-0.39, 0.29) is 36.8 Å². The highest BCUT2D eigenvalue weighted by Gasteiger charge is 2.36. The standard InChI is InChI=1S/C24H30BrClFNO5/c1-14-9-18(21-6-5-19(25)11-23(21)27)10-22(26)20(14)7-8-24(28-15(2)29,12-32-16(3)30)13-33-17(4)31/h5-6,9-11,14,16,20,30H,7-8,12-13H2,1-4H3,(H,28,29). The average molecular weight is 547 g/mol. The van der Waals surface area contributed by atoms with Gasteiger partial charge in [0.15, 0.2) is 6.29 Å². The fraction of sp³-hybridized carbons (Fsp3) is 0.500. The summed E-state index contributed by atoms with van der Waals surface area (Å²) in [5.41, 5.74) is 0.140. The van der Waals surface area contributed by atoms with Gasteiger partial charge in [0.25, 0.3) is 0 Å². The molecule has 0 radical (unpaired) electrons. The van der Waals surface area contributed by atoms with Gasteiger partial charge >= 0.3 is 5.97 Å². The number of ether oxygens (including phenoxy) is 2. The van der Waals surface area contributed by atoms with E-state index in [0.29, 0.717) is 33.5 Å². The van der Waals surface area contributed by atoms with Crippen LogP contribution in [0.15, 0.2) is 39.9 Å². The number of carbonyl (C=O) groups is 2. The lowest BCUT2D eigenvalue weighted by Crippen LogP contribution is -2.55. The number of aliphatic hydroxyl groups excluding tert-OH is 1. The molecule has 0 heterocycles. The van der Waals surface area contributed by atoms with E-state index in [9.17, 15) is 19.1 Å². The van der Waals surface area contributed by atoms with Gasteiger partial charge in [-0.1, -0.05) is 46.6 Å². The van der Waals surface area contributed by atoms with Crippen LogP contribution >= 0.6 is 27.5 Å². The van der Waals surface area contributed by atoms with Crippen LogP contribution in [-0.4, -0.2) is 42.0 Å². The molecule has 4 atom stereocenters. The smallest absolute Gasteiger partial charge is 0.302 e. The Hall–Kier alpha value is -1.74. The summed E-state index contributed by atoms with van der Waals surface area (Å²) < 4.78 is 25.7. The number of allylic oxidation sites excluding steroid dienone is 4. The zero-order valence-electron chi connectivity index (χ0n) is 19.2. The maximum absolute atomic E-state index is 14.5. The molecule has 1 aromatic rings. The predicted octanol–water partition coefficient (Wildman–Crippen LogP) is 4.93. The van der Waals surface area contributed by atoms with Crippen molar-refractivity contribution >= 4 is 45.0 Å². The first kappa shape index (κ1) is 27.5. The third-order valence-electron chi connectivity index (χ3n) is 5.49. The van der Waals surface area contributed by atoms with Crippen molar-refractivity contribution in [3.05, 3.63) is 51.2 Å². The van der Waals surface area contributed by atoms with Crippen LogP contribution in [0.3, 0.4) is 0 Å². The number of nitrogens with one attached hydrogen (secondary N) is 1. The van der Waals surface area contributed by atoms with Gasteiger partial charge in [0.1, 0.15) is 12.4 Å². The summed E-state index contributed by atoms with van der Waals surface area (Å²) in [6.45, 7) is 5.94. The van der Waals surface area contributed by atoms with Crippen molar-refractivity contribution in [2.24, 2.45) is 11.8 Å². The Morgan fingerprint density at radius 2 is 2.03 bits per heavy atom. The van der Waals surface area contributed by atoms with Crippen molar-refractivity contribution in [3.8, 4) is 0 Å². The number of hydrogen-bond donors (Lipinski definition) is 2. The molecule has 9 heteroatoms. The molecule has 4 unspecified atom stereocenters. The number of halogens is 3. The van der Waals surface area contributed by atoms with Crippen LogP contribution in [0.2, 0.25) is 0 Å². The zero-order chi connectivity index (χ0) is 24.8.